The lowest BCUT2D eigenvalue weighted by atomic mass is 9.74. The fourth-order valence-corrected chi connectivity index (χ4v) is 3.32. The highest BCUT2D eigenvalue weighted by Gasteiger charge is 2.42. The van der Waals surface area contributed by atoms with Gasteiger partial charge in [0.1, 0.15) is 6.10 Å². The Balaban J connectivity index is 2.23. The second kappa shape index (κ2) is 6.73. The van der Waals surface area contributed by atoms with E-state index in [4.69, 9.17) is 4.74 Å². The van der Waals surface area contributed by atoms with Gasteiger partial charge in [-0.2, -0.15) is 0 Å². The number of aliphatic hydroxyl groups is 1. The van der Waals surface area contributed by atoms with Crippen molar-refractivity contribution in [2.45, 2.75) is 64.6 Å². The molecule has 0 bridgehead atoms. The van der Waals surface area contributed by atoms with E-state index in [2.05, 4.69) is 26.0 Å². The van der Waals surface area contributed by atoms with Crippen LogP contribution in [0.4, 0.5) is 0 Å². The van der Waals surface area contributed by atoms with Crippen LogP contribution >= 0.6 is 0 Å². The van der Waals surface area contributed by atoms with Gasteiger partial charge in [0.05, 0.1) is 5.60 Å². The molecule has 0 saturated heterocycles. The van der Waals surface area contributed by atoms with Crippen LogP contribution in [0.2, 0.25) is 0 Å². The summed E-state index contributed by atoms with van der Waals surface area (Å²) < 4.78 is 6.06. The molecule has 1 aromatic rings. The molecule has 0 heterocycles. The predicted octanol–water partition coefficient (Wildman–Crippen LogP) is 4.27. The maximum absolute atomic E-state index is 10.9. The Labute approximate surface area is 123 Å². The Hall–Kier alpha value is -0.860. The highest BCUT2D eigenvalue weighted by molar-refractivity contribution is 5.27. The molecule has 112 valence electrons. The van der Waals surface area contributed by atoms with Gasteiger partial charge in [0, 0.05) is 6.61 Å². The summed E-state index contributed by atoms with van der Waals surface area (Å²) in [6.07, 6.45) is 4.69. The summed E-state index contributed by atoms with van der Waals surface area (Å²) in [4.78, 5) is 0. The molecule has 0 radical (unpaired) electrons. The Morgan fingerprint density at radius 1 is 1.30 bits per heavy atom. The molecule has 0 amide bonds. The van der Waals surface area contributed by atoms with Crippen molar-refractivity contribution in [1.82, 2.24) is 0 Å². The first kappa shape index (κ1) is 15.5. The minimum absolute atomic E-state index is 0.381. The van der Waals surface area contributed by atoms with Crippen molar-refractivity contribution in [3.8, 4) is 0 Å². The molecule has 2 nitrogen and oxygen atoms in total. The van der Waals surface area contributed by atoms with Crippen molar-refractivity contribution >= 4 is 0 Å². The molecule has 0 aliphatic heterocycles. The monoisotopic (exact) mass is 276 g/mol. The Kier molecular flexibility index (Phi) is 5.22. The van der Waals surface area contributed by atoms with E-state index in [0.717, 1.165) is 43.6 Å². The summed E-state index contributed by atoms with van der Waals surface area (Å²) in [6, 6.07) is 8.32. The van der Waals surface area contributed by atoms with Crippen molar-refractivity contribution in [2.75, 3.05) is 6.61 Å². The number of rotatable bonds is 5. The summed E-state index contributed by atoms with van der Waals surface area (Å²) in [6.45, 7) is 7.12. The molecule has 20 heavy (non-hydrogen) atoms. The molecule has 1 saturated carbocycles. The van der Waals surface area contributed by atoms with Crippen LogP contribution in [0.15, 0.2) is 24.3 Å². The highest BCUT2D eigenvalue weighted by atomic mass is 16.5. The van der Waals surface area contributed by atoms with Crippen LogP contribution in [0, 0.1) is 5.92 Å². The molecule has 1 fully saturated rings. The van der Waals surface area contributed by atoms with Crippen molar-refractivity contribution < 1.29 is 9.84 Å². The second-order valence-electron chi connectivity index (χ2n) is 6.18. The van der Waals surface area contributed by atoms with Gasteiger partial charge in [0.2, 0.25) is 0 Å². The van der Waals surface area contributed by atoms with Crippen LogP contribution in [0.3, 0.4) is 0 Å². The van der Waals surface area contributed by atoms with Gasteiger partial charge in [-0.3, -0.25) is 0 Å². The number of aryl methyl sites for hydroxylation is 1. The molecule has 1 aliphatic rings. The fraction of sp³-hybridized carbons (Fsp3) is 0.667. The third-order valence-electron chi connectivity index (χ3n) is 4.73. The van der Waals surface area contributed by atoms with E-state index in [-0.39, 0.29) is 5.60 Å². The average molecular weight is 276 g/mol. The van der Waals surface area contributed by atoms with Gasteiger partial charge in [-0.25, -0.2) is 0 Å². The number of benzene rings is 1. The minimum atomic E-state index is -0.513. The molecule has 0 spiro atoms. The van der Waals surface area contributed by atoms with E-state index >= 15 is 0 Å². The Morgan fingerprint density at radius 2 is 2.00 bits per heavy atom. The van der Waals surface area contributed by atoms with Gasteiger partial charge < -0.3 is 9.84 Å². The fourth-order valence-electron chi connectivity index (χ4n) is 3.32. The van der Waals surface area contributed by atoms with Crippen LogP contribution in [-0.2, 0) is 11.2 Å². The quantitative estimate of drug-likeness (QED) is 0.870. The number of aliphatic hydroxyl groups excluding tert-OH is 1. The SMILES string of the molecule is CCOC1(C(O)c2cccc(CC)c2)CCC(C)CC1. The van der Waals surface area contributed by atoms with Crippen molar-refractivity contribution in [3.05, 3.63) is 35.4 Å². The minimum Gasteiger partial charge on any atom is -0.385 e. The van der Waals surface area contributed by atoms with Gasteiger partial charge in [0.25, 0.3) is 0 Å². The van der Waals surface area contributed by atoms with E-state index in [0.29, 0.717) is 6.61 Å². The molecule has 2 heteroatoms. The maximum atomic E-state index is 10.9. The van der Waals surface area contributed by atoms with Gasteiger partial charge >= 0.3 is 0 Å². The smallest absolute Gasteiger partial charge is 0.108 e. The Morgan fingerprint density at radius 3 is 2.60 bits per heavy atom. The van der Waals surface area contributed by atoms with Crippen molar-refractivity contribution in [2.24, 2.45) is 5.92 Å². The van der Waals surface area contributed by atoms with E-state index in [1.54, 1.807) is 0 Å². The van der Waals surface area contributed by atoms with E-state index < -0.39 is 6.10 Å². The number of hydrogen-bond acceptors (Lipinski definition) is 2. The lowest BCUT2D eigenvalue weighted by Gasteiger charge is -2.42. The van der Waals surface area contributed by atoms with Crippen LogP contribution in [0.25, 0.3) is 0 Å². The number of hydrogen-bond donors (Lipinski definition) is 1. The van der Waals surface area contributed by atoms with Gasteiger partial charge in [0.15, 0.2) is 0 Å². The summed E-state index contributed by atoms with van der Waals surface area (Å²) >= 11 is 0. The lowest BCUT2D eigenvalue weighted by molar-refractivity contribution is -0.146. The zero-order valence-electron chi connectivity index (χ0n) is 13.1. The van der Waals surface area contributed by atoms with Crippen molar-refractivity contribution in [3.63, 3.8) is 0 Å². The van der Waals surface area contributed by atoms with Gasteiger partial charge in [-0.15, -0.1) is 0 Å². The summed E-state index contributed by atoms with van der Waals surface area (Å²) in [5, 5.41) is 10.9. The van der Waals surface area contributed by atoms with Gasteiger partial charge in [-0.1, -0.05) is 38.1 Å². The molecule has 2 rings (SSSR count). The number of ether oxygens (including phenoxy) is 1. The maximum Gasteiger partial charge on any atom is 0.108 e. The molecular weight excluding hydrogens is 248 g/mol. The van der Waals surface area contributed by atoms with Gasteiger partial charge in [-0.05, 0) is 56.1 Å². The van der Waals surface area contributed by atoms with Crippen molar-refractivity contribution in [1.29, 1.82) is 0 Å². The molecule has 1 aromatic carbocycles. The Bertz CT molecular complexity index is 419. The lowest BCUT2D eigenvalue weighted by Crippen LogP contribution is -2.42. The zero-order chi connectivity index (χ0) is 14.6. The summed E-state index contributed by atoms with van der Waals surface area (Å²) in [7, 11) is 0. The first-order valence-electron chi connectivity index (χ1n) is 8.02. The first-order chi connectivity index (χ1) is 9.61. The normalized spacial score (nSPS) is 28.3. The van der Waals surface area contributed by atoms with Crippen LogP contribution in [0.1, 0.15) is 63.7 Å². The van der Waals surface area contributed by atoms with Crippen LogP contribution in [-0.4, -0.2) is 17.3 Å². The standard InChI is InChI=1S/C18H28O2/c1-4-15-7-6-8-16(13-15)17(19)18(20-5-2)11-9-14(3)10-12-18/h6-8,13-14,17,19H,4-5,9-12H2,1-3H3. The summed E-state index contributed by atoms with van der Waals surface area (Å²) in [5.41, 5.74) is 1.90. The molecule has 1 unspecified atom stereocenters. The third kappa shape index (κ3) is 3.24. The predicted molar refractivity (Wildman–Crippen MR) is 82.8 cm³/mol. The largest absolute Gasteiger partial charge is 0.385 e. The molecule has 1 N–H and O–H groups in total. The molecular formula is C18H28O2. The highest BCUT2D eigenvalue weighted by Crippen LogP contribution is 2.43. The molecule has 1 aliphatic carbocycles. The topological polar surface area (TPSA) is 29.5 Å². The molecule has 0 aromatic heterocycles. The van der Waals surface area contributed by atoms with Crippen LogP contribution in [0.5, 0.6) is 0 Å². The first-order valence-corrected chi connectivity index (χ1v) is 8.02. The van der Waals surface area contributed by atoms with E-state index in [1.165, 1.54) is 5.56 Å². The molecule has 1 atom stereocenters. The zero-order valence-corrected chi connectivity index (χ0v) is 13.1. The van der Waals surface area contributed by atoms with Crippen LogP contribution < -0.4 is 0 Å². The van der Waals surface area contributed by atoms with E-state index in [9.17, 15) is 5.11 Å². The average Bonchev–Trinajstić information content (AvgIpc) is 2.49. The second-order valence-corrected chi connectivity index (χ2v) is 6.18. The third-order valence-corrected chi connectivity index (χ3v) is 4.73. The van der Waals surface area contributed by atoms with E-state index in [1.807, 2.05) is 19.1 Å². The summed E-state index contributed by atoms with van der Waals surface area (Å²) in [5.74, 6) is 0.748.